The number of likely N-dealkylation sites (N-methyl/N-ethyl adjacent to an activating group) is 1. The summed E-state index contributed by atoms with van der Waals surface area (Å²) in [5.41, 5.74) is 1.98. The Morgan fingerprint density at radius 1 is 1.28 bits per heavy atom. The lowest BCUT2D eigenvalue weighted by molar-refractivity contribution is 0.151. The number of hydrogen-bond acceptors (Lipinski definition) is 4. The fourth-order valence-corrected chi connectivity index (χ4v) is 1.88. The van der Waals surface area contributed by atoms with Crippen LogP contribution < -0.4 is 0 Å². The van der Waals surface area contributed by atoms with Crippen LogP contribution >= 0.6 is 0 Å². The van der Waals surface area contributed by atoms with Crippen LogP contribution in [-0.4, -0.2) is 39.7 Å². The molecule has 1 unspecified atom stereocenters. The van der Waals surface area contributed by atoms with Gasteiger partial charge in [0, 0.05) is 17.1 Å². The molecule has 96 valence electrons. The molecule has 0 radical (unpaired) electrons. The zero-order valence-electron chi connectivity index (χ0n) is 11.1. The molecule has 1 N–H and O–H groups in total. The van der Waals surface area contributed by atoms with Crippen LogP contribution in [0.1, 0.15) is 18.4 Å². The average Bonchev–Trinajstić information content (AvgIpc) is 2.37. The smallest absolute Gasteiger partial charge is 0.143 e. The Labute approximate surface area is 107 Å². The van der Waals surface area contributed by atoms with Gasteiger partial charge in [-0.05, 0) is 27.0 Å². The Kier molecular flexibility index (Phi) is 3.89. The van der Waals surface area contributed by atoms with E-state index in [4.69, 9.17) is 5.11 Å². The van der Waals surface area contributed by atoms with Crippen LogP contribution in [0.3, 0.4) is 0 Å². The highest BCUT2D eigenvalue weighted by Gasteiger charge is 2.11. The number of hydrogen-bond donors (Lipinski definition) is 1. The number of rotatable bonds is 4. The standard InChI is InChI=1S/C14H19N3O/c1-10(9-18)17(3)8-14-15-11(2)12-6-4-5-7-13(12)16-14/h4-7,10,18H,8-9H2,1-3H3. The first-order chi connectivity index (χ1) is 8.61. The van der Waals surface area contributed by atoms with Crippen LogP contribution in [0, 0.1) is 6.92 Å². The molecule has 2 rings (SSSR count). The van der Waals surface area contributed by atoms with Gasteiger partial charge in [-0.2, -0.15) is 0 Å². The average molecular weight is 245 g/mol. The first-order valence-electron chi connectivity index (χ1n) is 6.15. The van der Waals surface area contributed by atoms with Crippen molar-refractivity contribution in [2.75, 3.05) is 13.7 Å². The topological polar surface area (TPSA) is 49.2 Å². The number of aliphatic hydroxyl groups excluding tert-OH is 1. The molecule has 0 aliphatic carbocycles. The summed E-state index contributed by atoms with van der Waals surface area (Å²) < 4.78 is 0. The van der Waals surface area contributed by atoms with Gasteiger partial charge in [0.25, 0.3) is 0 Å². The monoisotopic (exact) mass is 245 g/mol. The van der Waals surface area contributed by atoms with Crippen molar-refractivity contribution in [3.05, 3.63) is 35.8 Å². The van der Waals surface area contributed by atoms with E-state index in [9.17, 15) is 0 Å². The molecule has 0 saturated heterocycles. The largest absolute Gasteiger partial charge is 0.395 e. The Bertz CT molecular complexity index is 542. The van der Waals surface area contributed by atoms with Crippen molar-refractivity contribution in [3.63, 3.8) is 0 Å². The van der Waals surface area contributed by atoms with Gasteiger partial charge in [0.2, 0.25) is 0 Å². The van der Waals surface area contributed by atoms with E-state index in [2.05, 4.69) is 9.97 Å². The van der Waals surface area contributed by atoms with Crippen LogP contribution in [0.5, 0.6) is 0 Å². The summed E-state index contributed by atoms with van der Waals surface area (Å²) in [5.74, 6) is 0.800. The lowest BCUT2D eigenvalue weighted by atomic mass is 10.2. The van der Waals surface area contributed by atoms with Crippen LogP contribution in [0.25, 0.3) is 10.9 Å². The summed E-state index contributed by atoms with van der Waals surface area (Å²) in [5, 5.41) is 10.2. The highest BCUT2D eigenvalue weighted by molar-refractivity contribution is 5.80. The molecule has 1 atom stereocenters. The molecule has 1 aromatic carbocycles. The fraction of sp³-hybridized carbons (Fsp3) is 0.429. The molecule has 0 spiro atoms. The predicted molar refractivity (Wildman–Crippen MR) is 72.3 cm³/mol. The SMILES string of the molecule is Cc1nc(CN(C)C(C)CO)nc2ccccc12. The second-order valence-electron chi connectivity index (χ2n) is 4.69. The van der Waals surface area contributed by atoms with Gasteiger partial charge in [-0.1, -0.05) is 18.2 Å². The van der Waals surface area contributed by atoms with Crippen LogP contribution in [-0.2, 0) is 6.54 Å². The molecular weight excluding hydrogens is 226 g/mol. The minimum Gasteiger partial charge on any atom is -0.395 e. The van der Waals surface area contributed by atoms with Crippen molar-refractivity contribution in [3.8, 4) is 0 Å². The van der Waals surface area contributed by atoms with Crippen LogP contribution in [0.15, 0.2) is 24.3 Å². The lowest BCUT2D eigenvalue weighted by Gasteiger charge is -2.22. The first-order valence-corrected chi connectivity index (χ1v) is 6.15. The van der Waals surface area contributed by atoms with Gasteiger partial charge >= 0.3 is 0 Å². The third-order valence-corrected chi connectivity index (χ3v) is 3.25. The Balaban J connectivity index is 2.29. The summed E-state index contributed by atoms with van der Waals surface area (Å²) >= 11 is 0. The first kappa shape index (κ1) is 12.9. The predicted octanol–water partition coefficient (Wildman–Crippen LogP) is 1.75. The molecule has 0 fully saturated rings. The number of para-hydroxylation sites is 1. The zero-order valence-corrected chi connectivity index (χ0v) is 11.1. The van der Waals surface area contributed by atoms with E-state index in [1.165, 1.54) is 0 Å². The minimum absolute atomic E-state index is 0.111. The lowest BCUT2D eigenvalue weighted by Crippen LogP contribution is -2.32. The van der Waals surface area contributed by atoms with Crippen molar-refractivity contribution in [1.29, 1.82) is 0 Å². The molecule has 2 aromatic rings. The number of aliphatic hydroxyl groups is 1. The molecule has 0 aliphatic rings. The maximum atomic E-state index is 9.13. The number of aromatic nitrogens is 2. The van der Waals surface area contributed by atoms with Gasteiger partial charge < -0.3 is 5.11 Å². The van der Waals surface area contributed by atoms with Gasteiger partial charge in [-0.15, -0.1) is 0 Å². The quantitative estimate of drug-likeness (QED) is 0.891. The highest BCUT2D eigenvalue weighted by Crippen LogP contribution is 2.15. The van der Waals surface area contributed by atoms with Crippen molar-refractivity contribution < 1.29 is 5.11 Å². The van der Waals surface area contributed by atoms with E-state index in [0.717, 1.165) is 22.4 Å². The van der Waals surface area contributed by atoms with Crippen molar-refractivity contribution in [1.82, 2.24) is 14.9 Å². The van der Waals surface area contributed by atoms with Crippen molar-refractivity contribution in [2.45, 2.75) is 26.4 Å². The minimum atomic E-state index is 0.111. The Morgan fingerprint density at radius 2 is 2.00 bits per heavy atom. The van der Waals surface area contributed by atoms with Gasteiger partial charge in [-0.25, -0.2) is 9.97 Å². The van der Waals surface area contributed by atoms with Crippen molar-refractivity contribution >= 4 is 10.9 Å². The van der Waals surface area contributed by atoms with E-state index in [1.807, 2.05) is 50.1 Å². The van der Waals surface area contributed by atoms with Crippen LogP contribution in [0.2, 0.25) is 0 Å². The summed E-state index contributed by atoms with van der Waals surface area (Å²) in [6, 6.07) is 8.13. The summed E-state index contributed by atoms with van der Waals surface area (Å²) in [6.07, 6.45) is 0. The van der Waals surface area contributed by atoms with Gasteiger partial charge in [0.05, 0.1) is 18.7 Å². The molecule has 4 nitrogen and oxygen atoms in total. The second-order valence-corrected chi connectivity index (χ2v) is 4.69. The number of nitrogens with zero attached hydrogens (tertiary/aromatic N) is 3. The normalized spacial score (nSPS) is 13.2. The third kappa shape index (κ3) is 2.66. The van der Waals surface area contributed by atoms with E-state index >= 15 is 0 Å². The van der Waals surface area contributed by atoms with Gasteiger partial charge in [-0.3, -0.25) is 4.90 Å². The molecule has 1 aromatic heterocycles. The Morgan fingerprint density at radius 3 is 2.72 bits per heavy atom. The molecule has 4 heteroatoms. The Hall–Kier alpha value is -1.52. The molecule has 0 amide bonds. The van der Waals surface area contributed by atoms with Crippen molar-refractivity contribution in [2.24, 2.45) is 0 Å². The zero-order chi connectivity index (χ0) is 13.1. The summed E-state index contributed by atoms with van der Waals surface area (Å²) in [6.45, 7) is 4.77. The fourth-order valence-electron chi connectivity index (χ4n) is 1.88. The summed E-state index contributed by atoms with van der Waals surface area (Å²) in [4.78, 5) is 11.1. The van der Waals surface area contributed by atoms with Crippen LogP contribution in [0.4, 0.5) is 0 Å². The molecular formula is C14H19N3O. The number of benzene rings is 1. The molecule has 1 heterocycles. The second kappa shape index (κ2) is 5.42. The van der Waals surface area contributed by atoms with Gasteiger partial charge in [0.15, 0.2) is 0 Å². The molecule has 0 saturated carbocycles. The van der Waals surface area contributed by atoms with Gasteiger partial charge in [0.1, 0.15) is 5.82 Å². The molecule has 18 heavy (non-hydrogen) atoms. The third-order valence-electron chi connectivity index (χ3n) is 3.25. The van der Waals surface area contributed by atoms with E-state index in [0.29, 0.717) is 6.54 Å². The van der Waals surface area contributed by atoms with E-state index in [-0.39, 0.29) is 12.6 Å². The molecule has 0 aliphatic heterocycles. The maximum absolute atomic E-state index is 9.13. The number of fused-ring (bicyclic) bond motifs is 1. The number of aryl methyl sites for hydroxylation is 1. The van der Waals surface area contributed by atoms with E-state index in [1.54, 1.807) is 0 Å². The molecule has 0 bridgehead atoms. The van der Waals surface area contributed by atoms with E-state index < -0.39 is 0 Å². The highest BCUT2D eigenvalue weighted by atomic mass is 16.3. The maximum Gasteiger partial charge on any atom is 0.143 e. The summed E-state index contributed by atoms with van der Waals surface area (Å²) in [7, 11) is 1.97.